The average Bonchev–Trinajstić information content (AvgIpc) is 3.15. The van der Waals surface area contributed by atoms with E-state index in [4.69, 9.17) is 0 Å². The lowest BCUT2D eigenvalue weighted by atomic mass is 9.99. The minimum Gasteiger partial charge on any atom is -0.391 e. The molecule has 1 saturated heterocycles. The van der Waals surface area contributed by atoms with Crippen molar-refractivity contribution < 1.29 is 19.5 Å². The highest BCUT2D eigenvalue weighted by atomic mass is 16.3. The lowest BCUT2D eigenvalue weighted by molar-refractivity contribution is -0.142. The third-order valence-electron chi connectivity index (χ3n) is 5.35. The average molecular weight is 358 g/mol. The largest absolute Gasteiger partial charge is 0.391 e. The number of Topliss-reactive ketones (excluding diaryl/α,β-unsaturated/α-hetero) is 1. The van der Waals surface area contributed by atoms with Crippen molar-refractivity contribution >= 4 is 17.6 Å². The first kappa shape index (κ1) is 18.6. The van der Waals surface area contributed by atoms with E-state index < -0.39 is 18.2 Å². The summed E-state index contributed by atoms with van der Waals surface area (Å²) in [5, 5.41) is 10.0. The Morgan fingerprint density at radius 2 is 1.96 bits per heavy atom. The SMILES string of the molecule is CCC(=O)C1C[C@@H](O)CN1C(=O)C(C(C)C)N1Cc2ccccc2C1=O. The van der Waals surface area contributed by atoms with Gasteiger partial charge in [0.2, 0.25) is 5.91 Å². The second kappa shape index (κ2) is 7.19. The summed E-state index contributed by atoms with van der Waals surface area (Å²) < 4.78 is 0. The number of carbonyl (C=O) groups excluding carboxylic acids is 3. The molecule has 140 valence electrons. The second-order valence-electron chi connectivity index (χ2n) is 7.49. The number of carbonyl (C=O) groups is 3. The Balaban J connectivity index is 1.88. The zero-order valence-corrected chi connectivity index (χ0v) is 15.5. The lowest BCUT2D eigenvalue weighted by Gasteiger charge is -2.35. The van der Waals surface area contributed by atoms with E-state index >= 15 is 0 Å². The van der Waals surface area contributed by atoms with Crippen molar-refractivity contribution in [3.05, 3.63) is 35.4 Å². The molecule has 26 heavy (non-hydrogen) atoms. The van der Waals surface area contributed by atoms with Gasteiger partial charge in [0, 0.05) is 31.5 Å². The molecule has 2 amide bonds. The lowest BCUT2D eigenvalue weighted by Crippen LogP contribution is -2.54. The van der Waals surface area contributed by atoms with Gasteiger partial charge in [0.25, 0.3) is 5.91 Å². The number of β-amino-alcohol motifs (C(OH)–C–C–N with tert-alkyl or cyclic N) is 1. The van der Waals surface area contributed by atoms with Gasteiger partial charge in [0.15, 0.2) is 5.78 Å². The summed E-state index contributed by atoms with van der Waals surface area (Å²) in [6.45, 7) is 6.11. The number of benzene rings is 1. The molecule has 3 rings (SSSR count). The molecule has 0 saturated carbocycles. The van der Waals surface area contributed by atoms with Gasteiger partial charge in [-0.1, -0.05) is 39.0 Å². The predicted molar refractivity (Wildman–Crippen MR) is 96.4 cm³/mol. The molecule has 1 aromatic rings. The van der Waals surface area contributed by atoms with Crippen LogP contribution in [0.5, 0.6) is 0 Å². The minimum absolute atomic E-state index is 0.0477. The molecule has 0 aliphatic carbocycles. The van der Waals surface area contributed by atoms with E-state index in [-0.39, 0.29) is 36.5 Å². The van der Waals surface area contributed by atoms with E-state index in [0.717, 1.165) is 5.56 Å². The van der Waals surface area contributed by atoms with Crippen molar-refractivity contribution in [2.45, 2.75) is 58.3 Å². The Bertz CT molecular complexity index is 730. The molecule has 1 aromatic carbocycles. The van der Waals surface area contributed by atoms with E-state index in [9.17, 15) is 19.5 Å². The van der Waals surface area contributed by atoms with E-state index in [1.54, 1.807) is 17.9 Å². The molecule has 2 aliphatic rings. The summed E-state index contributed by atoms with van der Waals surface area (Å²) in [7, 11) is 0. The second-order valence-corrected chi connectivity index (χ2v) is 7.49. The van der Waals surface area contributed by atoms with Crippen LogP contribution in [0.25, 0.3) is 0 Å². The molecule has 2 heterocycles. The van der Waals surface area contributed by atoms with Crippen molar-refractivity contribution in [1.29, 1.82) is 0 Å². The summed E-state index contributed by atoms with van der Waals surface area (Å²) in [4.78, 5) is 41.5. The maximum atomic E-state index is 13.3. The topological polar surface area (TPSA) is 77.9 Å². The molecule has 6 heteroatoms. The molecule has 3 atom stereocenters. The number of rotatable bonds is 5. The van der Waals surface area contributed by atoms with Gasteiger partial charge in [0.1, 0.15) is 6.04 Å². The smallest absolute Gasteiger partial charge is 0.255 e. The van der Waals surface area contributed by atoms with Crippen molar-refractivity contribution in [2.24, 2.45) is 5.92 Å². The first-order valence-electron chi connectivity index (χ1n) is 9.25. The van der Waals surface area contributed by atoms with E-state index in [2.05, 4.69) is 0 Å². The highest BCUT2D eigenvalue weighted by molar-refractivity contribution is 6.01. The molecule has 0 aromatic heterocycles. The number of aliphatic hydroxyl groups excluding tert-OH is 1. The van der Waals surface area contributed by atoms with Crippen LogP contribution in [0.15, 0.2) is 24.3 Å². The van der Waals surface area contributed by atoms with Gasteiger partial charge in [-0.05, 0) is 17.5 Å². The van der Waals surface area contributed by atoms with Crippen LogP contribution in [-0.4, -0.2) is 57.2 Å². The van der Waals surface area contributed by atoms with Crippen LogP contribution in [0, 0.1) is 5.92 Å². The fourth-order valence-electron chi connectivity index (χ4n) is 4.05. The van der Waals surface area contributed by atoms with Crippen LogP contribution < -0.4 is 0 Å². The molecule has 1 fully saturated rings. The Morgan fingerprint density at radius 3 is 2.58 bits per heavy atom. The highest BCUT2D eigenvalue weighted by Crippen LogP contribution is 2.30. The fraction of sp³-hybridized carbons (Fsp3) is 0.550. The van der Waals surface area contributed by atoms with Gasteiger partial charge in [-0.15, -0.1) is 0 Å². The molecule has 6 nitrogen and oxygen atoms in total. The van der Waals surface area contributed by atoms with Crippen LogP contribution in [0.4, 0.5) is 0 Å². The Labute approximate surface area is 153 Å². The van der Waals surface area contributed by atoms with Crippen molar-refractivity contribution in [3.63, 3.8) is 0 Å². The standard InChI is InChI=1S/C20H26N2O4/c1-4-17(24)16-9-14(23)11-21(16)20(26)18(12(2)3)22-10-13-7-5-6-8-15(13)19(22)25/h5-8,12,14,16,18,23H,4,9-11H2,1-3H3/t14-,16?,18?/m1/s1. The number of ketones is 1. The van der Waals surface area contributed by atoms with Crippen LogP contribution in [0.3, 0.4) is 0 Å². The minimum atomic E-state index is -0.696. The number of hydrogen-bond donors (Lipinski definition) is 1. The van der Waals surface area contributed by atoms with Crippen molar-refractivity contribution in [2.75, 3.05) is 6.54 Å². The predicted octanol–water partition coefficient (Wildman–Crippen LogP) is 1.61. The molecule has 1 N–H and O–H groups in total. The van der Waals surface area contributed by atoms with Crippen LogP contribution in [-0.2, 0) is 16.1 Å². The summed E-state index contributed by atoms with van der Waals surface area (Å²) >= 11 is 0. The summed E-state index contributed by atoms with van der Waals surface area (Å²) in [6, 6.07) is 6.14. The van der Waals surface area contributed by atoms with Gasteiger partial charge in [-0.3, -0.25) is 14.4 Å². The molecule has 0 bridgehead atoms. The Kier molecular flexibility index (Phi) is 5.14. The molecule has 0 spiro atoms. The first-order chi connectivity index (χ1) is 12.3. The number of amides is 2. The normalized spacial score (nSPS) is 23.5. The highest BCUT2D eigenvalue weighted by Gasteiger charge is 2.45. The molecule has 2 unspecified atom stereocenters. The number of aliphatic hydroxyl groups is 1. The van der Waals surface area contributed by atoms with E-state index in [0.29, 0.717) is 18.5 Å². The molecular formula is C20H26N2O4. The monoisotopic (exact) mass is 358 g/mol. The number of likely N-dealkylation sites (tertiary alicyclic amines) is 1. The van der Waals surface area contributed by atoms with Crippen molar-refractivity contribution in [1.82, 2.24) is 9.80 Å². The van der Waals surface area contributed by atoms with Gasteiger partial charge in [-0.2, -0.15) is 0 Å². The van der Waals surface area contributed by atoms with Gasteiger partial charge in [0.05, 0.1) is 12.1 Å². The number of fused-ring (bicyclic) bond motifs is 1. The Hall–Kier alpha value is -2.21. The third kappa shape index (κ3) is 3.14. The zero-order chi connectivity index (χ0) is 19.0. The third-order valence-corrected chi connectivity index (χ3v) is 5.35. The quantitative estimate of drug-likeness (QED) is 0.867. The van der Waals surface area contributed by atoms with Crippen LogP contribution in [0.2, 0.25) is 0 Å². The molecule has 2 aliphatic heterocycles. The Morgan fingerprint density at radius 1 is 1.27 bits per heavy atom. The van der Waals surface area contributed by atoms with Crippen LogP contribution >= 0.6 is 0 Å². The fourth-order valence-corrected chi connectivity index (χ4v) is 4.05. The van der Waals surface area contributed by atoms with Gasteiger partial charge < -0.3 is 14.9 Å². The maximum Gasteiger partial charge on any atom is 0.255 e. The van der Waals surface area contributed by atoms with Gasteiger partial charge >= 0.3 is 0 Å². The van der Waals surface area contributed by atoms with E-state index in [1.165, 1.54) is 4.90 Å². The molecular weight excluding hydrogens is 332 g/mol. The summed E-state index contributed by atoms with van der Waals surface area (Å²) in [5.41, 5.74) is 1.55. The van der Waals surface area contributed by atoms with Gasteiger partial charge in [-0.25, -0.2) is 0 Å². The van der Waals surface area contributed by atoms with Crippen molar-refractivity contribution in [3.8, 4) is 0 Å². The molecule has 0 radical (unpaired) electrons. The maximum absolute atomic E-state index is 13.3. The summed E-state index contributed by atoms with van der Waals surface area (Å²) in [5.74, 6) is -0.542. The van der Waals surface area contributed by atoms with E-state index in [1.807, 2.05) is 32.0 Å². The number of hydrogen-bond acceptors (Lipinski definition) is 4. The summed E-state index contributed by atoms with van der Waals surface area (Å²) in [6.07, 6.45) is -0.0994. The zero-order valence-electron chi connectivity index (χ0n) is 15.5. The number of nitrogens with zero attached hydrogens (tertiary/aromatic N) is 2. The first-order valence-corrected chi connectivity index (χ1v) is 9.25. The van der Waals surface area contributed by atoms with Crippen LogP contribution in [0.1, 0.15) is 49.5 Å².